The lowest BCUT2D eigenvalue weighted by atomic mass is 10.1. The van der Waals surface area contributed by atoms with Gasteiger partial charge in [0.1, 0.15) is 11.4 Å². The Labute approximate surface area is 158 Å². The minimum Gasteiger partial charge on any atom is -0.497 e. The zero-order valence-electron chi connectivity index (χ0n) is 15.3. The van der Waals surface area contributed by atoms with Crippen molar-refractivity contribution in [3.05, 3.63) is 60.0 Å². The van der Waals surface area contributed by atoms with Crippen molar-refractivity contribution in [1.82, 2.24) is 24.8 Å². The number of aromatic nitrogens is 3. The van der Waals surface area contributed by atoms with E-state index >= 15 is 0 Å². The molecule has 1 aliphatic rings. The smallest absolute Gasteiger partial charge is 0.270 e. The molecule has 2 aromatic heterocycles. The average molecular weight is 365 g/mol. The molecule has 0 spiro atoms. The van der Waals surface area contributed by atoms with Crippen LogP contribution in [0.25, 0.3) is 5.65 Å². The van der Waals surface area contributed by atoms with Crippen molar-refractivity contribution in [2.24, 2.45) is 0 Å². The van der Waals surface area contributed by atoms with Gasteiger partial charge in [0.25, 0.3) is 5.91 Å². The van der Waals surface area contributed by atoms with Crippen LogP contribution >= 0.6 is 0 Å². The highest BCUT2D eigenvalue weighted by Crippen LogP contribution is 2.21. The molecule has 27 heavy (non-hydrogen) atoms. The maximum atomic E-state index is 13.0. The topological polar surface area (TPSA) is 71.8 Å². The first-order valence-electron chi connectivity index (χ1n) is 9.20. The van der Waals surface area contributed by atoms with Gasteiger partial charge in [-0.3, -0.25) is 4.79 Å². The number of likely N-dealkylation sites (tertiary alicyclic amines) is 1. The van der Waals surface area contributed by atoms with Crippen molar-refractivity contribution in [1.29, 1.82) is 0 Å². The highest BCUT2D eigenvalue weighted by atomic mass is 16.5. The summed E-state index contributed by atoms with van der Waals surface area (Å²) < 4.78 is 6.82. The van der Waals surface area contributed by atoms with Gasteiger partial charge < -0.3 is 15.0 Å². The van der Waals surface area contributed by atoms with E-state index in [2.05, 4.69) is 20.3 Å². The number of fused-ring (bicyclic) bond motifs is 1. The Hall–Kier alpha value is -2.93. The van der Waals surface area contributed by atoms with Crippen molar-refractivity contribution in [3.8, 4) is 5.75 Å². The molecular weight excluding hydrogens is 342 g/mol. The van der Waals surface area contributed by atoms with E-state index in [1.807, 2.05) is 24.3 Å². The molecule has 0 aliphatic carbocycles. The van der Waals surface area contributed by atoms with Crippen LogP contribution < -0.4 is 10.1 Å². The zero-order valence-corrected chi connectivity index (χ0v) is 15.3. The van der Waals surface area contributed by atoms with Crippen LogP contribution in [0.4, 0.5) is 0 Å². The van der Waals surface area contributed by atoms with E-state index in [9.17, 15) is 4.79 Å². The van der Waals surface area contributed by atoms with E-state index in [-0.39, 0.29) is 11.9 Å². The van der Waals surface area contributed by atoms with Crippen molar-refractivity contribution in [2.45, 2.75) is 18.9 Å². The van der Waals surface area contributed by atoms with Gasteiger partial charge in [0.05, 0.1) is 19.3 Å². The monoisotopic (exact) mass is 365 g/mol. The normalized spacial score (nSPS) is 15.7. The van der Waals surface area contributed by atoms with Gasteiger partial charge in [-0.1, -0.05) is 12.1 Å². The summed E-state index contributed by atoms with van der Waals surface area (Å²) in [5, 5.41) is 7.40. The molecule has 3 heterocycles. The number of ether oxygens (including phenoxy) is 1. The van der Waals surface area contributed by atoms with Gasteiger partial charge in [0, 0.05) is 18.8 Å². The minimum atomic E-state index is -0.161. The maximum absolute atomic E-state index is 13.0. The molecule has 1 N–H and O–H groups in total. The van der Waals surface area contributed by atoms with E-state index in [4.69, 9.17) is 4.74 Å². The number of amides is 1. The molecule has 140 valence electrons. The van der Waals surface area contributed by atoms with Crippen LogP contribution in [0.5, 0.6) is 5.75 Å². The molecule has 3 aromatic rings. The van der Waals surface area contributed by atoms with Crippen molar-refractivity contribution in [2.75, 3.05) is 26.7 Å². The first-order valence-corrected chi connectivity index (χ1v) is 9.20. The van der Waals surface area contributed by atoms with Crippen LogP contribution in [0, 0.1) is 0 Å². The Kier molecular flexibility index (Phi) is 5.02. The SMILES string of the molecule is COc1ccc(C(CN2CCCC2)NC(=O)c2ccnc3ccnn23)cc1. The highest BCUT2D eigenvalue weighted by molar-refractivity contribution is 5.93. The number of nitrogens with one attached hydrogen (secondary N) is 1. The van der Waals surface area contributed by atoms with Gasteiger partial charge in [-0.2, -0.15) is 5.10 Å². The molecule has 4 rings (SSSR count). The molecule has 1 amide bonds. The van der Waals surface area contributed by atoms with Crippen molar-refractivity contribution >= 4 is 11.6 Å². The van der Waals surface area contributed by atoms with E-state index < -0.39 is 0 Å². The fourth-order valence-corrected chi connectivity index (χ4v) is 3.53. The second kappa shape index (κ2) is 7.75. The van der Waals surface area contributed by atoms with E-state index in [0.717, 1.165) is 30.9 Å². The standard InChI is InChI=1S/C20H23N5O2/c1-27-16-6-4-15(5-7-16)17(14-24-12-2-3-13-24)23-20(26)18-8-10-21-19-9-11-22-25(18)19/h4-11,17H,2-3,12-14H2,1H3,(H,23,26). The third kappa shape index (κ3) is 3.78. The predicted molar refractivity (Wildman–Crippen MR) is 102 cm³/mol. The summed E-state index contributed by atoms with van der Waals surface area (Å²) in [7, 11) is 1.65. The third-order valence-corrected chi connectivity index (χ3v) is 4.99. The fourth-order valence-electron chi connectivity index (χ4n) is 3.53. The van der Waals surface area contributed by atoms with Gasteiger partial charge >= 0.3 is 0 Å². The van der Waals surface area contributed by atoms with Crippen LogP contribution in [0.1, 0.15) is 34.9 Å². The number of hydrogen-bond acceptors (Lipinski definition) is 5. The summed E-state index contributed by atoms with van der Waals surface area (Å²) in [6.45, 7) is 2.92. The molecule has 1 aromatic carbocycles. The van der Waals surface area contributed by atoms with E-state index in [0.29, 0.717) is 11.3 Å². The molecule has 0 bridgehead atoms. The average Bonchev–Trinajstić information content (AvgIpc) is 3.38. The molecule has 1 aliphatic heterocycles. The quantitative estimate of drug-likeness (QED) is 0.726. The highest BCUT2D eigenvalue weighted by Gasteiger charge is 2.22. The maximum Gasteiger partial charge on any atom is 0.270 e. The summed E-state index contributed by atoms with van der Waals surface area (Å²) in [5.74, 6) is 0.642. The zero-order chi connectivity index (χ0) is 18.6. The second-order valence-electron chi connectivity index (χ2n) is 6.74. The molecule has 1 saturated heterocycles. The van der Waals surface area contributed by atoms with E-state index in [1.165, 1.54) is 12.8 Å². The number of rotatable bonds is 6. The molecule has 1 unspecified atom stereocenters. The first-order chi connectivity index (χ1) is 13.2. The van der Waals surface area contributed by atoms with Crippen molar-refractivity contribution in [3.63, 3.8) is 0 Å². The molecule has 7 nitrogen and oxygen atoms in total. The number of carbonyl (C=O) groups is 1. The van der Waals surface area contributed by atoms with Gasteiger partial charge in [-0.25, -0.2) is 9.50 Å². The molecule has 1 fully saturated rings. The van der Waals surface area contributed by atoms with Crippen molar-refractivity contribution < 1.29 is 9.53 Å². The summed E-state index contributed by atoms with van der Waals surface area (Å²) in [4.78, 5) is 19.6. The lowest BCUT2D eigenvalue weighted by Crippen LogP contribution is -2.37. The Morgan fingerprint density at radius 1 is 1.15 bits per heavy atom. The van der Waals surface area contributed by atoms with Crippen LogP contribution in [0.15, 0.2) is 48.8 Å². The summed E-state index contributed by atoms with van der Waals surface area (Å²) >= 11 is 0. The first kappa shape index (κ1) is 17.5. The fraction of sp³-hybridized carbons (Fsp3) is 0.350. The molecule has 1 atom stereocenters. The number of nitrogens with zero attached hydrogens (tertiary/aromatic N) is 4. The lowest BCUT2D eigenvalue weighted by Gasteiger charge is -2.25. The molecule has 7 heteroatoms. The lowest BCUT2D eigenvalue weighted by molar-refractivity contribution is 0.0919. The van der Waals surface area contributed by atoms with Crippen LogP contribution in [0.3, 0.4) is 0 Å². The van der Waals surface area contributed by atoms with Crippen LogP contribution in [0.2, 0.25) is 0 Å². The largest absolute Gasteiger partial charge is 0.497 e. The Morgan fingerprint density at radius 3 is 2.67 bits per heavy atom. The van der Waals surface area contributed by atoms with Crippen LogP contribution in [-0.4, -0.2) is 52.1 Å². The van der Waals surface area contributed by atoms with E-state index in [1.54, 1.807) is 36.2 Å². The summed E-state index contributed by atoms with van der Waals surface area (Å²) in [6.07, 6.45) is 5.70. The van der Waals surface area contributed by atoms with Gasteiger partial charge in [-0.15, -0.1) is 0 Å². The third-order valence-electron chi connectivity index (χ3n) is 4.99. The number of carbonyl (C=O) groups excluding carboxylic acids is 1. The summed E-state index contributed by atoms with van der Waals surface area (Å²) in [5.41, 5.74) is 2.19. The Bertz CT molecular complexity index is 916. The second-order valence-corrected chi connectivity index (χ2v) is 6.74. The Morgan fingerprint density at radius 2 is 1.93 bits per heavy atom. The number of hydrogen-bond donors (Lipinski definition) is 1. The molecule has 0 saturated carbocycles. The van der Waals surface area contributed by atoms with Gasteiger partial charge in [-0.05, 0) is 49.7 Å². The number of methoxy groups -OCH3 is 1. The van der Waals surface area contributed by atoms with Gasteiger partial charge in [0.2, 0.25) is 0 Å². The number of benzene rings is 1. The molecular formula is C20H23N5O2. The van der Waals surface area contributed by atoms with Gasteiger partial charge in [0.15, 0.2) is 5.65 Å². The Balaban J connectivity index is 1.59. The van der Waals surface area contributed by atoms with Crippen LogP contribution in [-0.2, 0) is 0 Å². The molecule has 0 radical (unpaired) electrons. The predicted octanol–water partition coefficient (Wildman–Crippen LogP) is 2.30. The minimum absolute atomic E-state index is 0.111. The summed E-state index contributed by atoms with van der Waals surface area (Å²) in [6, 6.07) is 11.2.